The second-order valence-corrected chi connectivity index (χ2v) is 8.23. The molecule has 1 saturated heterocycles. The van der Waals surface area contributed by atoms with Gasteiger partial charge in [-0.1, -0.05) is 19.0 Å². The first kappa shape index (κ1) is 18.6. The quantitative estimate of drug-likeness (QED) is 0.863. The Hall–Kier alpha value is -2.77. The fourth-order valence-electron chi connectivity index (χ4n) is 4.61. The molecule has 3 heterocycles. The molecule has 0 spiro atoms. The van der Waals surface area contributed by atoms with Crippen molar-refractivity contribution in [3.8, 4) is 0 Å². The number of likely N-dealkylation sites (tertiary alicyclic amines) is 1. The van der Waals surface area contributed by atoms with E-state index in [1.54, 1.807) is 31.5 Å². The van der Waals surface area contributed by atoms with Gasteiger partial charge in [-0.05, 0) is 37.8 Å². The van der Waals surface area contributed by atoms with Crippen LogP contribution in [0.5, 0.6) is 0 Å². The molecule has 148 valence electrons. The average Bonchev–Trinajstić information content (AvgIpc) is 3.34. The highest BCUT2D eigenvalue weighted by atomic mass is 16.5. The van der Waals surface area contributed by atoms with Gasteiger partial charge in [0, 0.05) is 37.4 Å². The van der Waals surface area contributed by atoms with Crippen molar-refractivity contribution < 1.29 is 14.1 Å². The minimum absolute atomic E-state index is 0.0128. The largest absolute Gasteiger partial charge is 0.349 e. The lowest BCUT2D eigenvalue weighted by molar-refractivity contribution is -0.133. The number of amides is 2. The normalized spacial score (nSPS) is 26.5. The number of hydrogen-bond acceptors (Lipinski definition) is 6. The third-order valence-corrected chi connectivity index (χ3v) is 5.89. The summed E-state index contributed by atoms with van der Waals surface area (Å²) in [5, 5.41) is 7.09. The van der Waals surface area contributed by atoms with Crippen LogP contribution >= 0.6 is 0 Å². The van der Waals surface area contributed by atoms with Crippen LogP contribution in [0, 0.1) is 18.8 Å². The monoisotopic (exact) mass is 383 g/mol. The number of rotatable bonds is 4. The summed E-state index contributed by atoms with van der Waals surface area (Å²) in [6, 6.07) is 3.48. The first-order valence-electron chi connectivity index (χ1n) is 9.69. The van der Waals surface area contributed by atoms with E-state index in [0.29, 0.717) is 36.8 Å². The van der Waals surface area contributed by atoms with Crippen LogP contribution in [0.3, 0.4) is 0 Å². The molecule has 2 aromatic heterocycles. The Morgan fingerprint density at radius 3 is 2.86 bits per heavy atom. The molecular formula is C20H25N5O3. The Morgan fingerprint density at radius 1 is 1.39 bits per heavy atom. The van der Waals surface area contributed by atoms with Crippen LogP contribution in [0.4, 0.5) is 0 Å². The number of nitrogens with one attached hydrogen (secondary N) is 1. The van der Waals surface area contributed by atoms with Crippen LogP contribution in [0.15, 0.2) is 29.0 Å². The Morgan fingerprint density at radius 2 is 2.21 bits per heavy atom. The van der Waals surface area contributed by atoms with Crippen molar-refractivity contribution in [2.24, 2.45) is 11.8 Å². The number of aromatic nitrogens is 3. The highest BCUT2D eigenvalue weighted by molar-refractivity contribution is 5.94. The molecule has 1 N–H and O–H groups in total. The molecule has 2 fully saturated rings. The molecule has 28 heavy (non-hydrogen) atoms. The van der Waals surface area contributed by atoms with Gasteiger partial charge in [0.25, 0.3) is 5.91 Å². The average molecular weight is 383 g/mol. The minimum atomic E-state index is -0.404. The molecule has 0 aromatic carbocycles. The maximum Gasteiger partial charge on any atom is 0.253 e. The van der Waals surface area contributed by atoms with E-state index in [0.717, 1.165) is 6.42 Å². The number of hydrogen-bond donors (Lipinski definition) is 1. The Labute approximate surface area is 163 Å². The summed E-state index contributed by atoms with van der Waals surface area (Å²) in [5.41, 5.74) is 0.137. The van der Waals surface area contributed by atoms with Crippen molar-refractivity contribution >= 4 is 11.8 Å². The summed E-state index contributed by atoms with van der Waals surface area (Å²) in [4.78, 5) is 35.6. The van der Waals surface area contributed by atoms with Crippen LogP contribution in [0.25, 0.3) is 0 Å². The van der Waals surface area contributed by atoms with E-state index >= 15 is 0 Å². The number of aryl methyl sites for hydroxylation is 1. The molecule has 4 rings (SSSR count). The zero-order chi connectivity index (χ0) is 19.9. The third-order valence-electron chi connectivity index (χ3n) is 5.89. The molecule has 1 aliphatic carbocycles. The fourth-order valence-corrected chi connectivity index (χ4v) is 4.61. The molecule has 0 bridgehead atoms. The van der Waals surface area contributed by atoms with Gasteiger partial charge in [-0.3, -0.25) is 14.6 Å². The van der Waals surface area contributed by atoms with Crippen molar-refractivity contribution in [1.29, 1.82) is 0 Å². The molecule has 8 nitrogen and oxygen atoms in total. The first-order chi connectivity index (χ1) is 13.4. The SMILES string of the molecule is Cc1noc([C@]23C[C@H](NC(=O)c4cccnc4)CC2CN(C(=O)C(C)C)C3)n1. The second kappa shape index (κ2) is 7.00. The summed E-state index contributed by atoms with van der Waals surface area (Å²) in [7, 11) is 0. The van der Waals surface area contributed by atoms with Crippen molar-refractivity contribution in [3.05, 3.63) is 41.8 Å². The lowest BCUT2D eigenvalue weighted by Gasteiger charge is -2.26. The van der Waals surface area contributed by atoms with Gasteiger partial charge in [-0.25, -0.2) is 0 Å². The number of pyridine rings is 1. The summed E-state index contributed by atoms with van der Waals surface area (Å²) in [6.07, 6.45) is 4.65. The van der Waals surface area contributed by atoms with Crippen LogP contribution in [0.1, 0.15) is 48.8 Å². The zero-order valence-corrected chi connectivity index (χ0v) is 16.4. The molecular weight excluding hydrogens is 358 g/mol. The van der Waals surface area contributed by atoms with Crippen LogP contribution in [-0.4, -0.2) is 51.0 Å². The predicted octanol–water partition coefficient (Wildman–Crippen LogP) is 1.72. The first-order valence-corrected chi connectivity index (χ1v) is 9.69. The Bertz CT molecular complexity index is 881. The van der Waals surface area contributed by atoms with Crippen molar-refractivity contribution in [3.63, 3.8) is 0 Å². The van der Waals surface area contributed by atoms with E-state index in [1.807, 2.05) is 18.7 Å². The van der Waals surface area contributed by atoms with E-state index in [1.165, 1.54) is 0 Å². The molecule has 0 radical (unpaired) electrons. The van der Waals surface area contributed by atoms with E-state index < -0.39 is 5.41 Å². The molecule has 8 heteroatoms. The molecule has 3 atom stereocenters. The minimum Gasteiger partial charge on any atom is -0.349 e. The van der Waals surface area contributed by atoms with Gasteiger partial charge in [0.2, 0.25) is 11.8 Å². The summed E-state index contributed by atoms with van der Waals surface area (Å²) in [6.45, 7) is 6.82. The third kappa shape index (κ3) is 3.16. The van der Waals surface area contributed by atoms with Gasteiger partial charge in [-0.2, -0.15) is 4.98 Å². The van der Waals surface area contributed by atoms with Crippen molar-refractivity contribution in [2.45, 2.75) is 45.1 Å². The lowest BCUT2D eigenvalue weighted by atomic mass is 9.80. The maximum absolute atomic E-state index is 12.6. The lowest BCUT2D eigenvalue weighted by Crippen LogP contribution is -2.40. The Balaban J connectivity index is 1.56. The van der Waals surface area contributed by atoms with Gasteiger partial charge in [0.05, 0.1) is 11.0 Å². The highest BCUT2D eigenvalue weighted by Crippen LogP contribution is 2.50. The number of fused-ring (bicyclic) bond motifs is 1. The maximum atomic E-state index is 12.6. The number of carbonyl (C=O) groups excluding carboxylic acids is 2. The standard InChI is InChI=1S/C20H25N5O3/c1-12(2)18(27)25-10-15-7-16(23-17(26)14-5-4-6-21-9-14)8-20(15,11-25)19-22-13(3)24-28-19/h4-6,9,12,15-16H,7-8,10-11H2,1-3H3,(H,23,26)/t15?,16-,20+/m1/s1. The van der Waals surface area contributed by atoms with Crippen molar-refractivity contribution in [1.82, 2.24) is 25.3 Å². The summed E-state index contributed by atoms with van der Waals surface area (Å²) >= 11 is 0. The Kier molecular flexibility index (Phi) is 4.64. The highest BCUT2D eigenvalue weighted by Gasteiger charge is 2.58. The summed E-state index contributed by atoms with van der Waals surface area (Å²) < 4.78 is 5.56. The van der Waals surface area contributed by atoms with Crippen molar-refractivity contribution in [2.75, 3.05) is 13.1 Å². The molecule has 1 unspecified atom stereocenters. The smallest absolute Gasteiger partial charge is 0.253 e. The second-order valence-electron chi connectivity index (χ2n) is 8.23. The number of carbonyl (C=O) groups is 2. The van der Waals surface area contributed by atoms with Crippen LogP contribution in [0.2, 0.25) is 0 Å². The van der Waals surface area contributed by atoms with E-state index in [9.17, 15) is 9.59 Å². The molecule has 1 saturated carbocycles. The molecule has 1 aliphatic heterocycles. The predicted molar refractivity (Wildman–Crippen MR) is 100 cm³/mol. The van der Waals surface area contributed by atoms with E-state index in [4.69, 9.17) is 4.52 Å². The van der Waals surface area contributed by atoms with Gasteiger partial charge in [-0.15, -0.1) is 0 Å². The van der Waals surface area contributed by atoms with Gasteiger partial charge < -0.3 is 14.7 Å². The molecule has 2 amide bonds. The van der Waals surface area contributed by atoms with Gasteiger partial charge in [0.15, 0.2) is 5.82 Å². The zero-order valence-electron chi connectivity index (χ0n) is 16.4. The van der Waals surface area contributed by atoms with E-state index in [-0.39, 0.29) is 29.7 Å². The van der Waals surface area contributed by atoms with Crippen LogP contribution < -0.4 is 5.32 Å². The molecule has 2 aromatic rings. The number of nitrogens with zero attached hydrogens (tertiary/aromatic N) is 4. The van der Waals surface area contributed by atoms with Crippen LogP contribution in [-0.2, 0) is 10.2 Å². The topological polar surface area (TPSA) is 101 Å². The van der Waals surface area contributed by atoms with Gasteiger partial charge >= 0.3 is 0 Å². The fraction of sp³-hybridized carbons (Fsp3) is 0.550. The van der Waals surface area contributed by atoms with Gasteiger partial charge in [0.1, 0.15) is 0 Å². The molecule has 2 aliphatic rings. The van der Waals surface area contributed by atoms with E-state index in [2.05, 4.69) is 20.4 Å². The summed E-state index contributed by atoms with van der Waals surface area (Å²) in [5.74, 6) is 1.29.